The van der Waals surface area contributed by atoms with E-state index in [1.807, 2.05) is 13.0 Å². The molecule has 2 aromatic rings. The van der Waals surface area contributed by atoms with Crippen molar-refractivity contribution in [3.8, 4) is 0 Å². The number of aryl methyl sites for hydroxylation is 2. The number of rotatable bonds is 5. The van der Waals surface area contributed by atoms with Crippen molar-refractivity contribution in [1.82, 2.24) is 20.3 Å². The first-order chi connectivity index (χ1) is 9.40. The Labute approximate surface area is 120 Å². The van der Waals surface area contributed by atoms with Crippen LogP contribution in [0.2, 0.25) is 0 Å². The van der Waals surface area contributed by atoms with Crippen LogP contribution in [0.3, 0.4) is 0 Å². The number of nitrogens with one attached hydrogen (secondary N) is 1. The Morgan fingerprint density at radius 3 is 2.50 bits per heavy atom. The minimum absolute atomic E-state index is 0.279. The van der Waals surface area contributed by atoms with Crippen molar-refractivity contribution < 1.29 is 4.52 Å². The molecular formula is C15H24N4O. The Bertz CT molecular complexity index is 551. The van der Waals surface area contributed by atoms with E-state index in [1.165, 1.54) is 5.56 Å². The molecule has 1 atom stereocenters. The summed E-state index contributed by atoms with van der Waals surface area (Å²) in [4.78, 5) is 2.25. The number of hydrogen-bond donors (Lipinski definition) is 1. The molecule has 2 rings (SSSR count). The first-order valence-electron chi connectivity index (χ1n) is 7.07. The van der Waals surface area contributed by atoms with Gasteiger partial charge in [0, 0.05) is 23.4 Å². The van der Waals surface area contributed by atoms with E-state index < -0.39 is 0 Å². The predicted molar refractivity (Wildman–Crippen MR) is 78.5 cm³/mol. The molecule has 0 aliphatic heterocycles. The fraction of sp³-hybridized carbons (Fsp3) is 0.600. The number of aromatic amines is 1. The SMILES string of the molecule is Cc1n[nH]c(C)c1C(C)N(C)Cc1cc(C(C)C)no1. The van der Waals surface area contributed by atoms with Gasteiger partial charge in [-0.2, -0.15) is 5.10 Å². The summed E-state index contributed by atoms with van der Waals surface area (Å²) in [6.45, 7) is 11.3. The van der Waals surface area contributed by atoms with Gasteiger partial charge in [0.15, 0.2) is 5.76 Å². The molecule has 0 saturated heterocycles. The number of aromatic nitrogens is 3. The van der Waals surface area contributed by atoms with Gasteiger partial charge in [0.1, 0.15) is 0 Å². The van der Waals surface area contributed by atoms with Crippen molar-refractivity contribution >= 4 is 0 Å². The van der Waals surface area contributed by atoms with E-state index in [0.29, 0.717) is 5.92 Å². The summed E-state index contributed by atoms with van der Waals surface area (Å²) < 4.78 is 5.41. The summed E-state index contributed by atoms with van der Waals surface area (Å²) in [5.41, 5.74) is 4.46. The molecule has 2 aromatic heterocycles. The Hall–Kier alpha value is -1.62. The van der Waals surface area contributed by atoms with Gasteiger partial charge < -0.3 is 4.52 Å². The highest BCUT2D eigenvalue weighted by molar-refractivity contribution is 5.26. The van der Waals surface area contributed by atoms with Crippen LogP contribution in [0.4, 0.5) is 0 Å². The lowest BCUT2D eigenvalue weighted by Crippen LogP contribution is -2.22. The van der Waals surface area contributed by atoms with E-state index >= 15 is 0 Å². The van der Waals surface area contributed by atoms with E-state index in [4.69, 9.17) is 4.52 Å². The third kappa shape index (κ3) is 2.93. The lowest BCUT2D eigenvalue weighted by molar-refractivity contribution is 0.219. The van der Waals surface area contributed by atoms with Crippen LogP contribution in [0.15, 0.2) is 10.6 Å². The molecule has 0 spiro atoms. The summed E-state index contributed by atoms with van der Waals surface area (Å²) >= 11 is 0. The molecule has 0 aliphatic rings. The second kappa shape index (κ2) is 5.79. The second-order valence-electron chi connectivity index (χ2n) is 5.81. The molecule has 0 fully saturated rings. The molecule has 0 aromatic carbocycles. The molecule has 20 heavy (non-hydrogen) atoms. The largest absolute Gasteiger partial charge is 0.360 e. The Morgan fingerprint density at radius 1 is 1.30 bits per heavy atom. The van der Waals surface area contributed by atoms with Crippen LogP contribution in [-0.4, -0.2) is 27.3 Å². The van der Waals surface area contributed by atoms with E-state index in [-0.39, 0.29) is 6.04 Å². The van der Waals surface area contributed by atoms with E-state index in [0.717, 1.165) is 29.4 Å². The summed E-state index contributed by atoms with van der Waals surface area (Å²) in [7, 11) is 2.09. The van der Waals surface area contributed by atoms with Gasteiger partial charge >= 0.3 is 0 Å². The summed E-state index contributed by atoms with van der Waals surface area (Å²) in [5.74, 6) is 1.30. The van der Waals surface area contributed by atoms with Crippen LogP contribution in [0.5, 0.6) is 0 Å². The molecule has 0 radical (unpaired) electrons. The van der Waals surface area contributed by atoms with Crippen LogP contribution in [-0.2, 0) is 6.54 Å². The van der Waals surface area contributed by atoms with Crippen LogP contribution in [0, 0.1) is 13.8 Å². The Kier molecular flexibility index (Phi) is 4.28. The molecule has 5 heteroatoms. The summed E-state index contributed by atoms with van der Waals surface area (Å²) in [6, 6.07) is 2.32. The minimum atomic E-state index is 0.279. The van der Waals surface area contributed by atoms with Gasteiger partial charge in [-0.15, -0.1) is 0 Å². The summed E-state index contributed by atoms with van der Waals surface area (Å²) in [5, 5.41) is 11.4. The monoisotopic (exact) mass is 276 g/mol. The first kappa shape index (κ1) is 14.8. The van der Waals surface area contributed by atoms with Crippen LogP contribution in [0.1, 0.15) is 61.1 Å². The third-order valence-electron chi connectivity index (χ3n) is 3.84. The average Bonchev–Trinajstić information content (AvgIpc) is 2.96. The quantitative estimate of drug-likeness (QED) is 0.910. The molecule has 1 unspecified atom stereocenters. The van der Waals surface area contributed by atoms with Crippen molar-refractivity contribution in [3.05, 3.63) is 34.5 Å². The molecule has 0 aliphatic carbocycles. The Balaban J connectivity index is 2.09. The van der Waals surface area contributed by atoms with Crippen LogP contribution < -0.4 is 0 Å². The van der Waals surface area contributed by atoms with Crippen LogP contribution in [0.25, 0.3) is 0 Å². The van der Waals surface area contributed by atoms with Crippen molar-refractivity contribution in [2.75, 3.05) is 7.05 Å². The third-order valence-corrected chi connectivity index (χ3v) is 3.84. The average molecular weight is 276 g/mol. The zero-order chi connectivity index (χ0) is 14.9. The topological polar surface area (TPSA) is 58.0 Å². The van der Waals surface area contributed by atoms with Gasteiger partial charge in [0.05, 0.1) is 17.9 Å². The Morgan fingerprint density at radius 2 is 2.00 bits per heavy atom. The smallest absolute Gasteiger partial charge is 0.150 e. The maximum atomic E-state index is 5.41. The molecule has 0 amide bonds. The number of hydrogen-bond acceptors (Lipinski definition) is 4. The summed E-state index contributed by atoms with van der Waals surface area (Å²) in [6.07, 6.45) is 0. The van der Waals surface area contributed by atoms with Crippen molar-refractivity contribution in [2.24, 2.45) is 0 Å². The van der Waals surface area contributed by atoms with Gasteiger partial charge in [-0.1, -0.05) is 19.0 Å². The van der Waals surface area contributed by atoms with E-state index in [9.17, 15) is 0 Å². The molecule has 110 valence electrons. The fourth-order valence-electron chi connectivity index (χ4n) is 2.45. The zero-order valence-electron chi connectivity index (χ0n) is 13.2. The fourth-order valence-corrected chi connectivity index (χ4v) is 2.45. The lowest BCUT2D eigenvalue weighted by atomic mass is 10.1. The maximum absolute atomic E-state index is 5.41. The molecule has 2 heterocycles. The van der Waals surface area contributed by atoms with Gasteiger partial charge in [0.2, 0.25) is 0 Å². The van der Waals surface area contributed by atoms with Gasteiger partial charge in [-0.3, -0.25) is 10.00 Å². The molecule has 5 nitrogen and oxygen atoms in total. The lowest BCUT2D eigenvalue weighted by Gasteiger charge is -2.24. The minimum Gasteiger partial charge on any atom is -0.360 e. The molecular weight excluding hydrogens is 252 g/mol. The maximum Gasteiger partial charge on any atom is 0.150 e. The van der Waals surface area contributed by atoms with Crippen LogP contribution >= 0.6 is 0 Å². The number of H-pyrrole nitrogens is 1. The molecule has 1 N–H and O–H groups in total. The second-order valence-corrected chi connectivity index (χ2v) is 5.81. The zero-order valence-corrected chi connectivity index (χ0v) is 13.2. The van der Waals surface area contributed by atoms with Crippen molar-refractivity contribution in [2.45, 2.75) is 53.1 Å². The molecule has 0 saturated carbocycles. The normalized spacial score (nSPS) is 13.4. The van der Waals surface area contributed by atoms with Gasteiger partial charge in [-0.05, 0) is 33.7 Å². The number of nitrogens with zero attached hydrogens (tertiary/aromatic N) is 3. The van der Waals surface area contributed by atoms with E-state index in [1.54, 1.807) is 0 Å². The highest BCUT2D eigenvalue weighted by Gasteiger charge is 2.20. The van der Waals surface area contributed by atoms with Crippen molar-refractivity contribution in [1.29, 1.82) is 0 Å². The first-order valence-corrected chi connectivity index (χ1v) is 7.07. The van der Waals surface area contributed by atoms with E-state index in [2.05, 4.69) is 55.0 Å². The standard InChI is InChI=1S/C15H24N4O/c1-9(2)14-7-13(20-18-14)8-19(6)12(5)15-10(3)16-17-11(15)4/h7,9,12H,8H2,1-6H3,(H,16,17). The van der Waals surface area contributed by atoms with Gasteiger partial charge in [0.25, 0.3) is 0 Å². The highest BCUT2D eigenvalue weighted by atomic mass is 16.5. The highest BCUT2D eigenvalue weighted by Crippen LogP contribution is 2.25. The molecule has 0 bridgehead atoms. The predicted octanol–water partition coefficient (Wildman–Crippen LogP) is 3.33. The van der Waals surface area contributed by atoms with Crippen molar-refractivity contribution in [3.63, 3.8) is 0 Å². The van der Waals surface area contributed by atoms with Gasteiger partial charge in [-0.25, -0.2) is 0 Å².